The van der Waals surface area contributed by atoms with Gasteiger partial charge in [-0.05, 0) is 60.7 Å². The van der Waals surface area contributed by atoms with Crippen LogP contribution in [0.2, 0.25) is 5.02 Å². The van der Waals surface area contributed by atoms with Crippen LogP contribution in [-0.2, 0) is 0 Å². The van der Waals surface area contributed by atoms with Crippen molar-refractivity contribution < 1.29 is 14.1 Å². The van der Waals surface area contributed by atoms with Crippen molar-refractivity contribution in [3.8, 4) is 11.5 Å². The van der Waals surface area contributed by atoms with Crippen LogP contribution >= 0.6 is 23.8 Å². The van der Waals surface area contributed by atoms with Gasteiger partial charge in [0.25, 0.3) is 11.6 Å². The summed E-state index contributed by atoms with van der Waals surface area (Å²) in [7, 11) is 0. The smallest absolute Gasteiger partial charge is 0.270 e. The number of nitro benzene ring substituents is 1. The van der Waals surface area contributed by atoms with Crippen LogP contribution in [0.1, 0.15) is 10.4 Å². The zero-order chi connectivity index (χ0) is 22.0. The zero-order valence-corrected chi connectivity index (χ0v) is 17.2. The molecule has 0 unspecified atom stereocenters. The van der Waals surface area contributed by atoms with E-state index in [-0.39, 0.29) is 16.4 Å². The molecule has 2 N–H and O–H groups in total. The molecule has 0 radical (unpaired) electrons. The maximum absolute atomic E-state index is 12.3. The summed E-state index contributed by atoms with van der Waals surface area (Å²) < 4.78 is 5.77. The molecule has 3 aromatic carbocycles. The number of fused-ring (bicyclic) bond motifs is 1. The van der Waals surface area contributed by atoms with Gasteiger partial charge >= 0.3 is 0 Å². The molecule has 0 aliphatic carbocycles. The van der Waals surface area contributed by atoms with E-state index in [1.807, 2.05) is 12.1 Å². The Morgan fingerprint density at radius 2 is 1.87 bits per heavy atom. The minimum atomic E-state index is -0.571. The van der Waals surface area contributed by atoms with Crippen LogP contribution < -0.4 is 10.6 Å². The van der Waals surface area contributed by atoms with E-state index in [1.54, 1.807) is 30.3 Å². The van der Waals surface area contributed by atoms with Gasteiger partial charge in [0.1, 0.15) is 5.52 Å². The molecule has 1 amide bonds. The van der Waals surface area contributed by atoms with Gasteiger partial charge in [0.2, 0.25) is 5.89 Å². The maximum Gasteiger partial charge on any atom is 0.270 e. The van der Waals surface area contributed by atoms with Crippen molar-refractivity contribution in [3.63, 3.8) is 0 Å². The normalized spacial score (nSPS) is 10.6. The second-order valence-electron chi connectivity index (χ2n) is 6.42. The van der Waals surface area contributed by atoms with Gasteiger partial charge in [-0.15, -0.1) is 0 Å². The average molecular weight is 453 g/mol. The second-order valence-corrected chi connectivity index (χ2v) is 7.27. The number of thiocarbonyl (C=S) groups is 1. The summed E-state index contributed by atoms with van der Waals surface area (Å²) in [6, 6.07) is 17.7. The third-order valence-corrected chi connectivity index (χ3v) is 4.74. The van der Waals surface area contributed by atoms with Crippen LogP contribution in [0, 0.1) is 10.1 Å². The van der Waals surface area contributed by atoms with Crippen molar-refractivity contribution in [1.29, 1.82) is 0 Å². The van der Waals surface area contributed by atoms with Crippen LogP contribution in [-0.4, -0.2) is 20.9 Å². The summed E-state index contributed by atoms with van der Waals surface area (Å²) in [6.07, 6.45) is 0. The lowest BCUT2D eigenvalue weighted by Gasteiger charge is -2.09. The van der Waals surface area contributed by atoms with Gasteiger partial charge in [-0.2, -0.15) is 0 Å². The first-order chi connectivity index (χ1) is 14.9. The molecule has 0 atom stereocenters. The summed E-state index contributed by atoms with van der Waals surface area (Å²) in [5.41, 5.74) is 2.50. The standard InChI is InChI=1S/C21H13ClN4O4S/c22-14-6-4-12(5-7-14)20-24-17-11-15(8-9-18(17)30-20)23-21(31)25-19(27)13-2-1-3-16(10-13)26(28)29/h1-11H,(H2,23,25,27,31). The van der Waals surface area contributed by atoms with Gasteiger partial charge in [-0.25, -0.2) is 4.98 Å². The predicted octanol–water partition coefficient (Wildman–Crippen LogP) is 5.18. The molecule has 0 saturated carbocycles. The number of nitrogens with zero attached hydrogens (tertiary/aromatic N) is 2. The molecule has 4 rings (SSSR count). The molecule has 31 heavy (non-hydrogen) atoms. The maximum atomic E-state index is 12.3. The number of amides is 1. The molecular formula is C21H13ClN4O4S. The van der Waals surface area contributed by atoms with Crippen molar-refractivity contribution in [2.24, 2.45) is 0 Å². The molecule has 0 aliphatic rings. The van der Waals surface area contributed by atoms with E-state index in [2.05, 4.69) is 15.6 Å². The fourth-order valence-corrected chi connectivity index (χ4v) is 3.16. The van der Waals surface area contributed by atoms with Crippen LogP contribution in [0.4, 0.5) is 11.4 Å². The van der Waals surface area contributed by atoms with Crippen molar-refractivity contribution in [2.45, 2.75) is 0 Å². The Labute approximate surface area is 186 Å². The number of halogens is 1. The fraction of sp³-hybridized carbons (Fsp3) is 0. The van der Waals surface area contributed by atoms with Crippen LogP contribution in [0.3, 0.4) is 0 Å². The Balaban J connectivity index is 1.47. The van der Waals surface area contributed by atoms with Gasteiger partial charge in [0, 0.05) is 34.0 Å². The van der Waals surface area contributed by atoms with E-state index in [1.165, 1.54) is 24.3 Å². The molecule has 4 aromatic rings. The summed E-state index contributed by atoms with van der Waals surface area (Å²) in [5.74, 6) is -0.112. The quantitative estimate of drug-likeness (QED) is 0.249. The highest BCUT2D eigenvalue weighted by atomic mass is 35.5. The summed E-state index contributed by atoms with van der Waals surface area (Å²) in [5, 5.41) is 16.9. The molecule has 154 valence electrons. The van der Waals surface area contributed by atoms with Crippen molar-refractivity contribution in [2.75, 3.05) is 5.32 Å². The minimum Gasteiger partial charge on any atom is -0.436 e. The van der Waals surface area contributed by atoms with E-state index >= 15 is 0 Å². The highest BCUT2D eigenvalue weighted by Crippen LogP contribution is 2.27. The molecule has 10 heteroatoms. The third-order valence-electron chi connectivity index (χ3n) is 4.28. The molecule has 0 aliphatic heterocycles. The van der Waals surface area contributed by atoms with Crippen molar-refractivity contribution >= 4 is 57.3 Å². The van der Waals surface area contributed by atoms with Gasteiger partial charge < -0.3 is 9.73 Å². The minimum absolute atomic E-state index is 0.0391. The molecule has 0 saturated heterocycles. The van der Waals surface area contributed by atoms with E-state index in [4.69, 9.17) is 28.2 Å². The number of non-ortho nitro benzene ring substituents is 1. The first kappa shape index (κ1) is 20.5. The summed E-state index contributed by atoms with van der Waals surface area (Å²) in [6.45, 7) is 0. The van der Waals surface area contributed by atoms with Crippen LogP contribution in [0.25, 0.3) is 22.6 Å². The zero-order valence-electron chi connectivity index (χ0n) is 15.7. The highest BCUT2D eigenvalue weighted by molar-refractivity contribution is 7.80. The Morgan fingerprint density at radius 3 is 2.61 bits per heavy atom. The lowest BCUT2D eigenvalue weighted by molar-refractivity contribution is -0.384. The molecule has 1 heterocycles. The molecule has 8 nitrogen and oxygen atoms in total. The number of oxazole rings is 1. The molecular weight excluding hydrogens is 440 g/mol. The lowest BCUT2D eigenvalue weighted by Crippen LogP contribution is -2.34. The Hall–Kier alpha value is -3.82. The largest absolute Gasteiger partial charge is 0.436 e. The van der Waals surface area contributed by atoms with E-state index in [9.17, 15) is 14.9 Å². The average Bonchev–Trinajstić information content (AvgIpc) is 3.17. The lowest BCUT2D eigenvalue weighted by atomic mass is 10.2. The molecule has 1 aromatic heterocycles. The number of nitro groups is 1. The van der Waals surface area contributed by atoms with Gasteiger partial charge in [-0.1, -0.05) is 17.7 Å². The Bertz CT molecular complexity index is 1320. The molecule has 0 fully saturated rings. The summed E-state index contributed by atoms with van der Waals surface area (Å²) in [4.78, 5) is 27.1. The number of rotatable bonds is 4. The highest BCUT2D eigenvalue weighted by Gasteiger charge is 2.14. The molecule has 0 spiro atoms. The number of hydrogen-bond donors (Lipinski definition) is 2. The number of anilines is 1. The fourth-order valence-electron chi connectivity index (χ4n) is 2.82. The van der Waals surface area contributed by atoms with Gasteiger partial charge in [-0.3, -0.25) is 20.2 Å². The Morgan fingerprint density at radius 1 is 1.10 bits per heavy atom. The Kier molecular flexibility index (Phi) is 5.61. The van der Waals surface area contributed by atoms with Crippen molar-refractivity contribution in [3.05, 3.63) is 87.4 Å². The SMILES string of the molecule is O=C(NC(=S)Nc1ccc2oc(-c3ccc(Cl)cc3)nc2c1)c1cccc([N+](=O)[O-])c1. The van der Waals surface area contributed by atoms with Crippen molar-refractivity contribution in [1.82, 2.24) is 10.3 Å². The number of benzene rings is 3. The number of carbonyl (C=O) groups is 1. The van der Waals surface area contributed by atoms with Gasteiger partial charge in [0.15, 0.2) is 10.7 Å². The first-order valence-corrected chi connectivity index (χ1v) is 9.71. The second kappa shape index (κ2) is 8.50. The number of aromatic nitrogens is 1. The predicted molar refractivity (Wildman–Crippen MR) is 121 cm³/mol. The number of carbonyl (C=O) groups excluding carboxylic acids is 1. The van der Waals surface area contributed by atoms with Crippen LogP contribution in [0.15, 0.2) is 71.1 Å². The monoisotopic (exact) mass is 452 g/mol. The molecule has 0 bridgehead atoms. The third kappa shape index (κ3) is 4.68. The van der Waals surface area contributed by atoms with Crippen LogP contribution in [0.5, 0.6) is 0 Å². The first-order valence-electron chi connectivity index (χ1n) is 8.92. The number of hydrogen-bond acceptors (Lipinski definition) is 6. The number of nitrogens with one attached hydrogen (secondary N) is 2. The van der Waals surface area contributed by atoms with Gasteiger partial charge in [0.05, 0.1) is 4.92 Å². The van der Waals surface area contributed by atoms with E-state index in [0.717, 1.165) is 5.56 Å². The van der Waals surface area contributed by atoms with E-state index in [0.29, 0.717) is 27.7 Å². The van der Waals surface area contributed by atoms with E-state index < -0.39 is 10.8 Å². The summed E-state index contributed by atoms with van der Waals surface area (Å²) >= 11 is 11.1. The topological polar surface area (TPSA) is 110 Å².